The highest BCUT2D eigenvalue weighted by atomic mass is 16.1. The van der Waals surface area contributed by atoms with Crippen molar-refractivity contribution in [3.05, 3.63) is 52.6 Å². The molecule has 0 heterocycles. The zero-order valence-corrected chi connectivity index (χ0v) is 12.0. The SMILES string of the molecule is Cc1cc(/C=C/C=O)c2c(C)ccc(C(C)C)cc1-2. The van der Waals surface area contributed by atoms with Gasteiger partial charge in [-0.05, 0) is 59.2 Å². The van der Waals surface area contributed by atoms with E-state index in [1.807, 2.05) is 6.08 Å². The Hall–Kier alpha value is -1.89. The number of aldehydes is 1. The van der Waals surface area contributed by atoms with E-state index >= 15 is 0 Å². The highest BCUT2D eigenvalue weighted by Gasteiger charge is 2.14. The van der Waals surface area contributed by atoms with Gasteiger partial charge in [0, 0.05) is 0 Å². The standard InChI is InChI=1S/C18H20O/c1-12(2)15-8-7-13(3)18-16(6-5-9-19)10-14(4)17(18)11-15/h5-12H,1-4H3/b6-5+. The van der Waals surface area contributed by atoms with Crippen LogP contribution in [0.1, 0.15) is 42.0 Å². The number of allylic oxidation sites excluding steroid dienone is 1. The second-order valence-electron chi connectivity index (χ2n) is 5.38. The first-order valence-corrected chi connectivity index (χ1v) is 6.70. The quantitative estimate of drug-likeness (QED) is 0.569. The lowest BCUT2D eigenvalue weighted by Gasteiger charge is -2.04. The first-order valence-electron chi connectivity index (χ1n) is 6.70. The Morgan fingerprint density at radius 1 is 1.05 bits per heavy atom. The summed E-state index contributed by atoms with van der Waals surface area (Å²) in [5.41, 5.74) is 7.53. The molecule has 0 fully saturated rings. The monoisotopic (exact) mass is 252 g/mol. The summed E-state index contributed by atoms with van der Waals surface area (Å²) < 4.78 is 0. The van der Waals surface area contributed by atoms with E-state index in [1.165, 1.54) is 27.8 Å². The van der Waals surface area contributed by atoms with E-state index in [1.54, 1.807) is 6.08 Å². The van der Waals surface area contributed by atoms with Gasteiger partial charge in [0.15, 0.2) is 0 Å². The third kappa shape index (κ3) is 2.60. The Morgan fingerprint density at radius 3 is 2.42 bits per heavy atom. The number of carbonyl (C=O) groups excluding carboxylic acids is 1. The molecule has 0 spiro atoms. The average Bonchev–Trinajstić information content (AvgIpc) is 2.55. The maximum Gasteiger partial charge on any atom is 0.142 e. The van der Waals surface area contributed by atoms with E-state index in [2.05, 4.69) is 52.0 Å². The molecule has 1 heteroatoms. The van der Waals surface area contributed by atoms with Crippen LogP contribution in [0.25, 0.3) is 17.2 Å². The molecule has 0 saturated carbocycles. The van der Waals surface area contributed by atoms with Gasteiger partial charge in [-0.1, -0.05) is 44.2 Å². The van der Waals surface area contributed by atoms with Crippen LogP contribution in [0.3, 0.4) is 0 Å². The van der Waals surface area contributed by atoms with Crippen molar-refractivity contribution >= 4 is 12.4 Å². The van der Waals surface area contributed by atoms with Gasteiger partial charge in [0.1, 0.15) is 6.29 Å². The van der Waals surface area contributed by atoms with Crippen molar-refractivity contribution in [3.63, 3.8) is 0 Å². The summed E-state index contributed by atoms with van der Waals surface area (Å²) in [4.78, 5) is 10.5. The number of aryl methyl sites for hydroxylation is 2. The van der Waals surface area contributed by atoms with E-state index in [0.29, 0.717) is 5.92 Å². The van der Waals surface area contributed by atoms with Gasteiger partial charge in [-0.2, -0.15) is 0 Å². The Bertz CT molecular complexity index is 606. The molecule has 0 radical (unpaired) electrons. The van der Waals surface area contributed by atoms with Crippen LogP contribution in [0.15, 0.2) is 30.3 Å². The van der Waals surface area contributed by atoms with Crippen LogP contribution in [0, 0.1) is 13.8 Å². The normalized spacial score (nSPS) is 11.6. The average molecular weight is 252 g/mol. The Morgan fingerprint density at radius 2 is 1.79 bits per heavy atom. The molecule has 19 heavy (non-hydrogen) atoms. The summed E-state index contributed by atoms with van der Waals surface area (Å²) in [6.07, 6.45) is 4.28. The van der Waals surface area contributed by atoms with Crippen molar-refractivity contribution in [2.24, 2.45) is 0 Å². The van der Waals surface area contributed by atoms with Gasteiger partial charge >= 0.3 is 0 Å². The van der Waals surface area contributed by atoms with E-state index in [0.717, 1.165) is 11.8 Å². The fourth-order valence-corrected chi connectivity index (χ4v) is 2.51. The highest BCUT2D eigenvalue weighted by molar-refractivity contribution is 5.86. The number of hydrogen-bond acceptors (Lipinski definition) is 1. The molecular formula is C18H20O. The van der Waals surface area contributed by atoms with Gasteiger partial charge in [-0.15, -0.1) is 0 Å². The number of rotatable bonds is 3. The molecule has 0 aromatic heterocycles. The van der Waals surface area contributed by atoms with Crippen molar-refractivity contribution in [2.75, 3.05) is 0 Å². The molecule has 0 aromatic rings. The second-order valence-corrected chi connectivity index (χ2v) is 5.38. The van der Waals surface area contributed by atoms with Crippen LogP contribution in [-0.4, -0.2) is 6.29 Å². The summed E-state index contributed by atoms with van der Waals surface area (Å²) in [5, 5.41) is 0. The van der Waals surface area contributed by atoms with Gasteiger partial charge < -0.3 is 0 Å². The summed E-state index contributed by atoms with van der Waals surface area (Å²) in [5.74, 6) is 0.512. The minimum Gasteiger partial charge on any atom is -0.299 e. The molecule has 0 saturated heterocycles. The zero-order chi connectivity index (χ0) is 14.0. The van der Waals surface area contributed by atoms with Crippen LogP contribution in [0.2, 0.25) is 0 Å². The summed E-state index contributed by atoms with van der Waals surface area (Å²) >= 11 is 0. The predicted molar refractivity (Wildman–Crippen MR) is 81.7 cm³/mol. The van der Waals surface area contributed by atoms with Crippen LogP contribution in [0.5, 0.6) is 0 Å². The van der Waals surface area contributed by atoms with Crippen molar-refractivity contribution in [1.82, 2.24) is 0 Å². The maximum atomic E-state index is 10.5. The Kier molecular flexibility index (Phi) is 3.84. The lowest BCUT2D eigenvalue weighted by Crippen LogP contribution is -1.84. The van der Waals surface area contributed by atoms with E-state index in [-0.39, 0.29) is 0 Å². The fraction of sp³-hybridized carbons (Fsp3) is 0.278. The summed E-state index contributed by atoms with van der Waals surface area (Å²) in [6, 6.07) is 8.81. The predicted octanol–water partition coefficient (Wildman–Crippen LogP) is 4.74. The highest BCUT2D eigenvalue weighted by Crippen LogP contribution is 2.36. The molecule has 0 aromatic carbocycles. The summed E-state index contributed by atoms with van der Waals surface area (Å²) in [7, 11) is 0. The van der Waals surface area contributed by atoms with Crippen molar-refractivity contribution in [3.8, 4) is 11.1 Å². The fourth-order valence-electron chi connectivity index (χ4n) is 2.51. The molecule has 0 bridgehead atoms. The van der Waals surface area contributed by atoms with Gasteiger partial charge in [-0.3, -0.25) is 4.79 Å². The first-order chi connectivity index (χ1) is 9.04. The Balaban J connectivity index is 2.70. The zero-order valence-electron chi connectivity index (χ0n) is 12.0. The summed E-state index contributed by atoms with van der Waals surface area (Å²) in [6.45, 7) is 8.68. The molecule has 0 amide bonds. The van der Waals surface area contributed by atoms with E-state index in [4.69, 9.17) is 0 Å². The molecule has 0 atom stereocenters. The number of hydrogen-bond donors (Lipinski definition) is 0. The van der Waals surface area contributed by atoms with Crippen molar-refractivity contribution in [2.45, 2.75) is 33.6 Å². The minimum absolute atomic E-state index is 0.512. The van der Waals surface area contributed by atoms with Gasteiger partial charge in [0.05, 0.1) is 0 Å². The lowest BCUT2D eigenvalue weighted by molar-refractivity contribution is -0.104. The second kappa shape index (κ2) is 5.40. The van der Waals surface area contributed by atoms with Crippen LogP contribution < -0.4 is 0 Å². The molecule has 0 aliphatic heterocycles. The van der Waals surface area contributed by atoms with Crippen molar-refractivity contribution < 1.29 is 4.79 Å². The van der Waals surface area contributed by atoms with Crippen LogP contribution >= 0.6 is 0 Å². The third-order valence-corrected chi connectivity index (χ3v) is 3.61. The lowest BCUT2D eigenvalue weighted by atomic mass is 10.0. The topological polar surface area (TPSA) is 17.1 Å². The Labute approximate surface area is 115 Å². The van der Waals surface area contributed by atoms with Crippen molar-refractivity contribution in [1.29, 1.82) is 0 Å². The van der Waals surface area contributed by atoms with E-state index in [9.17, 15) is 4.79 Å². The van der Waals surface area contributed by atoms with E-state index < -0.39 is 0 Å². The van der Waals surface area contributed by atoms with Gasteiger partial charge in [-0.25, -0.2) is 0 Å². The molecule has 2 aliphatic rings. The van der Waals surface area contributed by atoms with Crippen LogP contribution in [0.4, 0.5) is 0 Å². The number of carbonyl (C=O) groups is 1. The first kappa shape index (κ1) is 13.5. The maximum absolute atomic E-state index is 10.5. The largest absolute Gasteiger partial charge is 0.299 e. The number of fused-ring (bicyclic) bond motifs is 1. The van der Waals surface area contributed by atoms with Gasteiger partial charge in [0.2, 0.25) is 0 Å². The molecule has 0 unspecified atom stereocenters. The minimum atomic E-state index is 0.512. The third-order valence-electron chi connectivity index (χ3n) is 3.61. The molecule has 2 aliphatic carbocycles. The smallest absolute Gasteiger partial charge is 0.142 e. The van der Waals surface area contributed by atoms with Crippen LogP contribution in [-0.2, 0) is 4.79 Å². The van der Waals surface area contributed by atoms with Gasteiger partial charge in [0.25, 0.3) is 0 Å². The molecule has 0 N–H and O–H groups in total. The molecule has 1 nitrogen and oxygen atoms in total. The molecule has 98 valence electrons. The molecule has 2 rings (SSSR count). The molecular weight excluding hydrogens is 232 g/mol.